The van der Waals surface area contributed by atoms with Crippen LogP contribution in [-0.4, -0.2) is 37.7 Å². The van der Waals surface area contributed by atoms with E-state index in [9.17, 15) is 18.0 Å². The zero-order valence-corrected chi connectivity index (χ0v) is 18.5. The lowest BCUT2D eigenvalue weighted by molar-refractivity contribution is -0.143. The summed E-state index contributed by atoms with van der Waals surface area (Å²) in [7, 11) is -3.39. The van der Waals surface area contributed by atoms with Gasteiger partial charge in [-0.3, -0.25) is 9.59 Å². The highest BCUT2D eigenvalue weighted by molar-refractivity contribution is 7.90. The lowest BCUT2D eigenvalue weighted by Crippen LogP contribution is -2.23. The molecule has 0 aliphatic carbocycles. The van der Waals surface area contributed by atoms with Gasteiger partial charge in [0.05, 0.1) is 28.1 Å². The van der Waals surface area contributed by atoms with E-state index in [2.05, 4.69) is 4.99 Å². The van der Waals surface area contributed by atoms with Crippen LogP contribution < -0.4 is 4.80 Å². The summed E-state index contributed by atoms with van der Waals surface area (Å²) in [6.07, 6.45) is 1.26. The van der Waals surface area contributed by atoms with Crippen LogP contribution in [0.5, 0.6) is 0 Å². The lowest BCUT2D eigenvalue weighted by atomic mass is 10.1. The summed E-state index contributed by atoms with van der Waals surface area (Å²) >= 11 is 1.16. The van der Waals surface area contributed by atoms with E-state index in [0.717, 1.165) is 28.7 Å². The minimum Gasteiger partial charge on any atom is -0.465 e. The fourth-order valence-corrected chi connectivity index (χ4v) is 4.81. The first-order valence-electron chi connectivity index (χ1n) is 9.29. The molecule has 158 valence electrons. The molecule has 0 aliphatic rings. The van der Waals surface area contributed by atoms with Crippen molar-refractivity contribution in [3.05, 3.63) is 58.4 Å². The van der Waals surface area contributed by atoms with Gasteiger partial charge in [-0.05, 0) is 37.6 Å². The van der Waals surface area contributed by atoms with Crippen LogP contribution in [0.3, 0.4) is 0 Å². The number of sulfone groups is 1. The fraction of sp³-hybridized carbons (Fsp3) is 0.286. The number of thiazole rings is 1. The SMILES string of the molecule is CCOC(=O)Cn1c(=NC(=O)Cc2cccc(C)c2)sc2cc(S(C)(=O)=O)ccc21. The van der Waals surface area contributed by atoms with Crippen molar-refractivity contribution in [3.63, 3.8) is 0 Å². The van der Waals surface area contributed by atoms with Crippen LogP contribution in [0.4, 0.5) is 0 Å². The number of ether oxygens (including phenoxy) is 1. The molecule has 1 aromatic heterocycles. The predicted octanol–water partition coefficient (Wildman–Crippen LogP) is 2.65. The number of esters is 1. The minimum atomic E-state index is -3.39. The Bertz CT molecular complexity index is 1290. The summed E-state index contributed by atoms with van der Waals surface area (Å²) in [4.78, 5) is 29.4. The number of carbonyl (C=O) groups is 2. The molecule has 0 unspecified atom stereocenters. The monoisotopic (exact) mass is 446 g/mol. The van der Waals surface area contributed by atoms with E-state index in [1.807, 2.05) is 31.2 Å². The lowest BCUT2D eigenvalue weighted by Gasteiger charge is -2.05. The van der Waals surface area contributed by atoms with Crippen molar-refractivity contribution in [3.8, 4) is 0 Å². The zero-order valence-electron chi connectivity index (χ0n) is 16.9. The molecule has 0 saturated carbocycles. The average molecular weight is 447 g/mol. The molecule has 7 nitrogen and oxygen atoms in total. The van der Waals surface area contributed by atoms with E-state index >= 15 is 0 Å². The number of carbonyl (C=O) groups excluding carboxylic acids is 2. The van der Waals surface area contributed by atoms with E-state index in [1.165, 1.54) is 12.1 Å². The number of rotatable bonds is 6. The Morgan fingerprint density at radius 3 is 2.60 bits per heavy atom. The molecule has 2 aromatic carbocycles. The summed E-state index contributed by atoms with van der Waals surface area (Å²) < 4.78 is 31.0. The molecule has 0 spiro atoms. The smallest absolute Gasteiger partial charge is 0.326 e. The van der Waals surface area contributed by atoms with E-state index < -0.39 is 15.8 Å². The van der Waals surface area contributed by atoms with Gasteiger partial charge in [-0.25, -0.2) is 8.42 Å². The molecule has 0 fully saturated rings. The van der Waals surface area contributed by atoms with Gasteiger partial charge in [0.2, 0.25) is 0 Å². The highest BCUT2D eigenvalue weighted by Gasteiger charge is 2.15. The molecule has 1 heterocycles. The van der Waals surface area contributed by atoms with Gasteiger partial charge >= 0.3 is 5.97 Å². The number of amides is 1. The summed E-state index contributed by atoms with van der Waals surface area (Å²) in [5.41, 5.74) is 2.51. The number of aromatic nitrogens is 1. The number of fused-ring (bicyclic) bond motifs is 1. The standard InChI is InChI=1S/C21H22N2O5S2/c1-4-28-20(25)13-23-17-9-8-16(30(3,26)27)12-18(17)29-21(23)22-19(24)11-15-7-5-6-14(2)10-15/h5-10,12H,4,11,13H2,1-3H3. The van der Waals surface area contributed by atoms with Crippen molar-refractivity contribution in [2.24, 2.45) is 4.99 Å². The van der Waals surface area contributed by atoms with Crippen molar-refractivity contribution in [2.75, 3.05) is 12.9 Å². The third kappa shape index (κ3) is 5.22. The maximum atomic E-state index is 12.6. The fourth-order valence-electron chi connectivity index (χ4n) is 3.00. The summed E-state index contributed by atoms with van der Waals surface area (Å²) in [5.74, 6) is -0.815. The quantitative estimate of drug-likeness (QED) is 0.543. The van der Waals surface area contributed by atoms with Gasteiger partial charge in [-0.1, -0.05) is 41.2 Å². The average Bonchev–Trinajstić information content (AvgIpc) is 2.97. The van der Waals surface area contributed by atoms with Crippen molar-refractivity contribution in [2.45, 2.75) is 31.7 Å². The summed E-state index contributed by atoms with van der Waals surface area (Å²) in [6, 6.07) is 12.2. The van der Waals surface area contributed by atoms with Gasteiger partial charge in [-0.15, -0.1) is 0 Å². The number of aryl methyl sites for hydroxylation is 1. The van der Waals surface area contributed by atoms with Crippen LogP contribution in [0.2, 0.25) is 0 Å². The van der Waals surface area contributed by atoms with Crippen LogP contribution in [0.15, 0.2) is 52.4 Å². The second-order valence-electron chi connectivity index (χ2n) is 6.85. The minimum absolute atomic E-state index is 0.122. The molecule has 0 aliphatic heterocycles. The Hall–Kier alpha value is -2.78. The van der Waals surface area contributed by atoms with Gasteiger partial charge < -0.3 is 9.30 Å². The van der Waals surface area contributed by atoms with Crippen molar-refractivity contribution >= 4 is 43.3 Å². The van der Waals surface area contributed by atoms with Crippen LogP contribution in [0.1, 0.15) is 18.1 Å². The summed E-state index contributed by atoms with van der Waals surface area (Å²) in [5, 5.41) is 0. The number of hydrogen-bond donors (Lipinski definition) is 0. The van der Waals surface area contributed by atoms with Crippen molar-refractivity contribution < 1.29 is 22.7 Å². The highest BCUT2D eigenvalue weighted by Crippen LogP contribution is 2.22. The van der Waals surface area contributed by atoms with Gasteiger partial charge in [0.1, 0.15) is 6.54 Å². The molecule has 0 radical (unpaired) electrons. The predicted molar refractivity (Wildman–Crippen MR) is 115 cm³/mol. The topological polar surface area (TPSA) is 94.8 Å². The third-order valence-electron chi connectivity index (χ3n) is 4.33. The molecule has 0 bridgehead atoms. The summed E-state index contributed by atoms with van der Waals surface area (Å²) in [6.45, 7) is 3.77. The normalized spacial score (nSPS) is 12.3. The second-order valence-corrected chi connectivity index (χ2v) is 9.87. The first-order valence-corrected chi connectivity index (χ1v) is 12.0. The molecular weight excluding hydrogens is 424 g/mol. The number of hydrogen-bond acceptors (Lipinski definition) is 6. The maximum Gasteiger partial charge on any atom is 0.326 e. The van der Waals surface area contributed by atoms with Gasteiger partial charge in [0.25, 0.3) is 5.91 Å². The third-order valence-corrected chi connectivity index (χ3v) is 6.48. The molecule has 9 heteroatoms. The number of nitrogens with zero attached hydrogens (tertiary/aromatic N) is 2. The van der Waals surface area contributed by atoms with Crippen LogP contribution in [0.25, 0.3) is 10.2 Å². The molecule has 0 N–H and O–H groups in total. The van der Waals surface area contributed by atoms with E-state index in [1.54, 1.807) is 17.6 Å². The van der Waals surface area contributed by atoms with Crippen molar-refractivity contribution in [1.82, 2.24) is 4.57 Å². The Kier molecular flexibility index (Phi) is 6.52. The van der Waals surface area contributed by atoms with E-state index in [0.29, 0.717) is 15.0 Å². The first-order chi connectivity index (χ1) is 14.2. The first kappa shape index (κ1) is 21.9. The highest BCUT2D eigenvalue weighted by atomic mass is 32.2. The maximum absolute atomic E-state index is 12.6. The van der Waals surface area contributed by atoms with Gasteiger partial charge in [0.15, 0.2) is 14.6 Å². The zero-order chi connectivity index (χ0) is 21.9. The molecular formula is C21H22N2O5S2. The molecule has 1 amide bonds. The Morgan fingerprint density at radius 2 is 1.93 bits per heavy atom. The second kappa shape index (κ2) is 8.93. The largest absolute Gasteiger partial charge is 0.465 e. The molecule has 0 atom stereocenters. The van der Waals surface area contributed by atoms with Gasteiger partial charge in [0, 0.05) is 6.26 Å². The Balaban J connectivity index is 2.07. The van der Waals surface area contributed by atoms with Crippen LogP contribution in [0, 0.1) is 6.92 Å². The van der Waals surface area contributed by atoms with E-state index in [-0.39, 0.29) is 30.4 Å². The van der Waals surface area contributed by atoms with Crippen LogP contribution >= 0.6 is 11.3 Å². The van der Waals surface area contributed by atoms with Crippen molar-refractivity contribution in [1.29, 1.82) is 0 Å². The van der Waals surface area contributed by atoms with E-state index in [4.69, 9.17) is 4.74 Å². The van der Waals surface area contributed by atoms with Crippen LogP contribution in [-0.2, 0) is 37.1 Å². The van der Waals surface area contributed by atoms with Gasteiger partial charge in [-0.2, -0.15) is 4.99 Å². The Labute approximate surface area is 178 Å². The molecule has 3 aromatic rings. The Morgan fingerprint density at radius 1 is 1.17 bits per heavy atom. The molecule has 30 heavy (non-hydrogen) atoms. The number of benzene rings is 2. The molecule has 3 rings (SSSR count). The molecule has 0 saturated heterocycles.